The third-order valence-corrected chi connectivity index (χ3v) is 1.91. The molecular weight excluding hydrogens is 198 g/mol. The highest BCUT2D eigenvalue weighted by molar-refractivity contribution is 4.91. The lowest BCUT2D eigenvalue weighted by atomic mass is 10.3. The van der Waals surface area contributed by atoms with Gasteiger partial charge in [0.2, 0.25) is 0 Å². The molecule has 0 aliphatic rings. The fourth-order valence-electron chi connectivity index (χ4n) is 1.22. The molecule has 7 heteroatoms. The molecule has 0 spiro atoms. The Hall–Kier alpha value is -1.05. The summed E-state index contributed by atoms with van der Waals surface area (Å²) < 4.78 is 12.2. The van der Waals surface area contributed by atoms with E-state index in [-0.39, 0.29) is 0 Å². The van der Waals surface area contributed by atoms with Crippen molar-refractivity contribution >= 4 is 0 Å². The zero-order chi connectivity index (χ0) is 11.3. The van der Waals surface area contributed by atoms with E-state index in [1.165, 1.54) is 4.68 Å². The van der Waals surface area contributed by atoms with Crippen molar-refractivity contribution in [1.82, 2.24) is 20.2 Å². The van der Waals surface area contributed by atoms with Crippen molar-refractivity contribution in [2.75, 3.05) is 13.2 Å². The van der Waals surface area contributed by atoms with Gasteiger partial charge < -0.3 is 15.2 Å². The molecule has 1 rings (SSSR count). The first-order chi connectivity index (χ1) is 7.20. The lowest BCUT2D eigenvalue weighted by molar-refractivity contribution is -0.150. The van der Waals surface area contributed by atoms with Gasteiger partial charge in [0.25, 0.3) is 0 Å². The molecule has 1 aromatic rings. The van der Waals surface area contributed by atoms with Gasteiger partial charge in [-0.05, 0) is 24.3 Å². The Kier molecular flexibility index (Phi) is 4.60. The van der Waals surface area contributed by atoms with E-state index in [9.17, 15) is 0 Å². The SMILES string of the molecule is CCOC(OCC)C(N)c1nnnn1C. The number of nitrogens with two attached hydrogens (primary N) is 1. The Morgan fingerprint density at radius 1 is 1.33 bits per heavy atom. The van der Waals surface area contributed by atoms with Crippen molar-refractivity contribution in [3.63, 3.8) is 0 Å². The van der Waals surface area contributed by atoms with E-state index in [1.807, 2.05) is 13.8 Å². The number of hydrogen-bond acceptors (Lipinski definition) is 6. The molecule has 1 aromatic heterocycles. The lowest BCUT2D eigenvalue weighted by Crippen LogP contribution is -2.33. The highest BCUT2D eigenvalue weighted by Crippen LogP contribution is 2.14. The second kappa shape index (κ2) is 5.74. The van der Waals surface area contributed by atoms with Crippen molar-refractivity contribution in [2.24, 2.45) is 12.8 Å². The second-order valence-corrected chi connectivity index (χ2v) is 2.97. The minimum Gasteiger partial charge on any atom is -0.351 e. The number of aryl methyl sites for hydroxylation is 1. The molecule has 0 saturated heterocycles. The summed E-state index contributed by atoms with van der Waals surface area (Å²) >= 11 is 0. The summed E-state index contributed by atoms with van der Waals surface area (Å²) in [5.41, 5.74) is 5.94. The Morgan fingerprint density at radius 3 is 2.33 bits per heavy atom. The zero-order valence-electron chi connectivity index (χ0n) is 9.25. The van der Waals surface area contributed by atoms with E-state index < -0.39 is 12.3 Å². The summed E-state index contributed by atoms with van der Waals surface area (Å²) in [4.78, 5) is 0. The minimum absolute atomic E-state index is 0.482. The smallest absolute Gasteiger partial charge is 0.179 e. The largest absolute Gasteiger partial charge is 0.351 e. The van der Waals surface area contributed by atoms with Gasteiger partial charge in [0.15, 0.2) is 12.1 Å². The summed E-state index contributed by atoms with van der Waals surface area (Å²) in [6.07, 6.45) is -0.510. The molecule has 1 atom stereocenters. The van der Waals surface area contributed by atoms with Crippen molar-refractivity contribution < 1.29 is 9.47 Å². The summed E-state index contributed by atoms with van der Waals surface area (Å²) in [6.45, 7) is 4.83. The number of tetrazole rings is 1. The molecule has 0 amide bonds. The number of nitrogens with zero attached hydrogens (tertiary/aromatic N) is 4. The van der Waals surface area contributed by atoms with Crippen molar-refractivity contribution in [2.45, 2.75) is 26.2 Å². The minimum atomic E-state index is -0.510. The summed E-state index contributed by atoms with van der Waals surface area (Å²) in [6, 6.07) is -0.482. The van der Waals surface area contributed by atoms with Crippen molar-refractivity contribution in [3.05, 3.63) is 5.82 Å². The van der Waals surface area contributed by atoms with Crippen LogP contribution in [0.2, 0.25) is 0 Å². The molecule has 86 valence electrons. The van der Waals surface area contributed by atoms with E-state index in [2.05, 4.69) is 15.5 Å². The van der Waals surface area contributed by atoms with Gasteiger partial charge >= 0.3 is 0 Å². The molecule has 0 radical (unpaired) electrons. The molecule has 1 heterocycles. The van der Waals surface area contributed by atoms with Gasteiger partial charge in [0, 0.05) is 20.3 Å². The number of hydrogen-bond donors (Lipinski definition) is 1. The lowest BCUT2D eigenvalue weighted by Gasteiger charge is -2.21. The average molecular weight is 215 g/mol. The first-order valence-electron chi connectivity index (χ1n) is 4.91. The van der Waals surface area contributed by atoms with Crippen LogP contribution in [-0.4, -0.2) is 39.7 Å². The monoisotopic (exact) mass is 215 g/mol. The van der Waals surface area contributed by atoms with Gasteiger partial charge in [0.05, 0.1) is 0 Å². The van der Waals surface area contributed by atoms with Crippen molar-refractivity contribution in [1.29, 1.82) is 0 Å². The molecule has 0 aliphatic carbocycles. The molecule has 2 N–H and O–H groups in total. The van der Waals surface area contributed by atoms with Crippen LogP contribution in [0.3, 0.4) is 0 Å². The van der Waals surface area contributed by atoms with Gasteiger partial charge in [-0.1, -0.05) is 0 Å². The highest BCUT2D eigenvalue weighted by Gasteiger charge is 2.24. The Bertz CT molecular complexity index is 284. The predicted octanol–water partition coefficient (Wildman–Crippen LogP) is -0.391. The fourth-order valence-corrected chi connectivity index (χ4v) is 1.22. The van der Waals surface area contributed by atoms with Crippen LogP contribution < -0.4 is 5.73 Å². The summed E-state index contributed by atoms with van der Waals surface area (Å²) in [5.74, 6) is 0.543. The summed E-state index contributed by atoms with van der Waals surface area (Å²) in [5, 5.41) is 11.0. The maximum Gasteiger partial charge on any atom is 0.179 e. The van der Waals surface area contributed by atoms with Crippen molar-refractivity contribution in [3.8, 4) is 0 Å². The number of ether oxygens (including phenoxy) is 2. The van der Waals surface area contributed by atoms with Crippen LogP contribution >= 0.6 is 0 Å². The number of rotatable bonds is 6. The third-order valence-electron chi connectivity index (χ3n) is 1.91. The van der Waals surface area contributed by atoms with Gasteiger partial charge in [-0.25, -0.2) is 4.68 Å². The molecule has 0 aromatic carbocycles. The van der Waals surface area contributed by atoms with Crippen LogP contribution in [-0.2, 0) is 16.5 Å². The fraction of sp³-hybridized carbons (Fsp3) is 0.875. The molecule has 0 saturated carbocycles. The van der Waals surface area contributed by atoms with E-state index in [1.54, 1.807) is 7.05 Å². The van der Waals surface area contributed by atoms with Crippen LogP contribution in [0.15, 0.2) is 0 Å². The quantitative estimate of drug-likeness (QED) is 0.650. The number of aromatic nitrogens is 4. The standard InChI is InChI=1S/C8H17N5O2/c1-4-14-8(15-5-2)6(9)7-10-11-12-13(7)3/h6,8H,4-5,9H2,1-3H3. The first kappa shape index (κ1) is 12.0. The predicted molar refractivity (Wildman–Crippen MR) is 52.8 cm³/mol. The Balaban J connectivity index is 2.71. The van der Waals surface area contributed by atoms with E-state index in [0.29, 0.717) is 19.0 Å². The zero-order valence-corrected chi connectivity index (χ0v) is 9.25. The first-order valence-corrected chi connectivity index (χ1v) is 4.91. The summed E-state index contributed by atoms with van der Waals surface area (Å²) in [7, 11) is 1.73. The molecular formula is C8H17N5O2. The van der Waals surface area contributed by atoms with E-state index in [4.69, 9.17) is 15.2 Å². The molecule has 15 heavy (non-hydrogen) atoms. The van der Waals surface area contributed by atoms with E-state index in [0.717, 1.165) is 0 Å². The average Bonchev–Trinajstić information content (AvgIpc) is 2.63. The van der Waals surface area contributed by atoms with Gasteiger partial charge in [-0.15, -0.1) is 5.10 Å². The van der Waals surface area contributed by atoms with Crippen LogP contribution in [0.1, 0.15) is 25.7 Å². The van der Waals surface area contributed by atoms with Gasteiger partial charge in [0.1, 0.15) is 6.04 Å². The molecule has 0 fully saturated rings. The highest BCUT2D eigenvalue weighted by atomic mass is 16.7. The Labute approximate surface area is 88.5 Å². The normalized spacial score (nSPS) is 13.4. The maximum atomic E-state index is 5.94. The second-order valence-electron chi connectivity index (χ2n) is 2.97. The van der Waals surface area contributed by atoms with Crippen LogP contribution in [0.5, 0.6) is 0 Å². The molecule has 7 nitrogen and oxygen atoms in total. The Morgan fingerprint density at radius 2 is 1.93 bits per heavy atom. The van der Waals surface area contributed by atoms with E-state index >= 15 is 0 Å². The topological polar surface area (TPSA) is 88.1 Å². The molecule has 0 aliphatic heterocycles. The van der Waals surface area contributed by atoms with Gasteiger partial charge in [-0.2, -0.15) is 0 Å². The molecule has 1 unspecified atom stereocenters. The van der Waals surface area contributed by atoms with Crippen LogP contribution in [0, 0.1) is 0 Å². The van der Waals surface area contributed by atoms with Crippen LogP contribution in [0.25, 0.3) is 0 Å². The maximum absolute atomic E-state index is 5.94. The molecule has 0 bridgehead atoms. The van der Waals surface area contributed by atoms with Gasteiger partial charge in [-0.3, -0.25) is 0 Å². The third kappa shape index (κ3) is 2.95. The van der Waals surface area contributed by atoms with Crippen LogP contribution in [0.4, 0.5) is 0 Å².